The first-order valence-electron chi connectivity index (χ1n) is 9.69. The van der Waals surface area contributed by atoms with Crippen molar-refractivity contribution in [1.29, 1.82) is 0 Å². The second-order valence-electron chi connectivity index (χ2n) is 7.15. The van der Waals surface area contributed by atoms with Crippen LogP contribution < -0.4 is 15.4 Å². The zero-order chi connectivity index (χ0) is 21.0. The maximum Gasteiger partial charge on any atom is 0.338 e. The van der Waals surface area contributed by atoms with E-state index < -0.39 is 12.0 Å². The molecular formula is C23H26N2O4. The van der Waals surface area contributed by atoms with Crippen LogP contribution in [0.2, 0.25) is 0 Å². The van der Waals surface area contributed by atoms with Crippen molar-refractivity contribution >= 4 is 12.0 Å². The molecule has 1 atom stereocenters. The molecule has 0 aliphatic carbocycles. The number of amides is 2. The number of nitrogens with one attached hydrogen (secondary N) is 2. The van der Waals surface area contributed by atoms with E-state index in [-0.39, 0.29) is 6.03 Å². The van der Waals surface area contributed by atoms with Crippen LogP contribution in [0.3, 0.4) is 0 Å². The Labute approximate surface area is 170 Å². The molecule has 0 saturated heterocycles. The minimum atomic E-state index is -0.581. The van der Waals surface area contributed by atoms with Crippen molar-refractivity contribution in [2.75, 3.05) is 6.61 Å². The molecule has 0 aromatic heterocycles. The molecule has 6 nitrogen and oxygen atoms in total. The zero-order valence-electron chi connectivity index (χ0n) is 17.2. The summed E-state index contributed by atoms with van der Waals surface area (Å²) in [6.07, 6.45) is 0.729. The molecule has 0 spiro atoms. The monoisotopic (exact) mass is 394 g/mol. The SMILES string of the molecule is CCCOC(=O)C1=C(C)NC(=O)NC1c1ccc(Oc2cc(C)ccc2C)cc1. The fourth-order valence-electron chi connectivity index (χ4n) is 3.16. The number of ether oxygens (including phenoxy) is 2. The number of urea groups is 1. The second-order valence-corrected chi connectivity index (χ2v) is 7.15. The number of carbonyl (C=O) groups excluding carboxylic acids is 2. The van der Waals surface area contributed by atoms with E-state index in [1.54, 1.807) is 6.92 Å². The van der Waals surface area contributed by atoms with Gasteiger partial charge < -0.3 is 20.1 Å². The van der Waals surface area contributed by atoms with Crippen LogP contribution >= 0.6 is 0 Å². The fourth-order valence-corrected chi connectivity index (χ4v) is 3.16. The predicted octanol–water partition coefficient (Wildman–Crippen LogP) is 4.68. The Kier molecular flexibility index (Phi) is 6.22. The van der Waals surface area contributed by atoms with Crippen molar-refractivity contribution < 1.29 is 19.1 Å². The third-order valence-corrected chi connectivity index (χ3v) is 4.71. The van der Waals surface area contributed by atoms with Gasteiger partial charge in [0, 0.05) is 5.70 Å². The van der Waals surface area contributed by atoms with Gasteiger partial charge in [-0.1, -0.05) is 31.2 Å². The van der Waals surface area contributed by atoms with Crippen LogP contribution in [-0.2, 0) is 9.53 Å². The van der Waals surface area contributed by atoms with E-state index in [2.05, 4.69) is 10.6 Å². The Morgan fingerprint density at radius 1 is 1.07 bits per heavy atom. The maximum atomic E-state index is 12.5. The average molecular weight is 394 g/mol. The van der Waals surface area contributed by atoms with Crippen LogP contribution in [-0.4, -0.2) is 18.6 Å². The summed E-state index contributed by atoms with van der Waals surface area (Å²) in [5.41, 5.74) is 3.84. The minimum Gasteiger partial charge on any atom is -0.462 e. The molecule has 29 heavy (non-hydrogen) atoms. The van der Waals surface area contributed by atoms with E-state index in [9.17, 15) is 9.59 Å². The number of hydrogen-bond donors (Lipinski definition) is 2. The van der Waals surface area contributed by atoms with Crippen molar-refractivity contribution in [3.05, 3.63) is 70.4 Å². The smallest absolute Gasteiger partial charge is 0.338 e. The first-order chi connectivity index (χ1) is 13.9. The van der Waals surface area contributed by atoms with Crippen molar-refractivity contribution in [3.8, 4) is 11.5 Å². The highest BCUT2D eigenvalue weighted by molar-refractivity contribution is 5.95. The number of esters is 1. The second kappa shape index (κ2) is 8.82. The van der Waals surface area contributed by atoms with Gasteiger partial charge in [0.25, 0.3) is 0 Å². The fraction of sp³-hybridized carbons (Fsp3) is 0.304. The summed E-state index contributed by atoms with van der Waals surface area (Å²) >= 11 is 0. The molecule has 2 aromatic carbocycles. The van der Waals surface area contributed by atoms with Gasteiger partial charge in [0.2, 0.25) is 0 Å². The summed E-state index contributed by atoms with van der Waals surface area (Å²) < 4.78 is 11.3. The Morgan fingerprint density at radius 2 is 1.79 bits per heavy atom. The molecule has 1 heterocycles. The van der Waals surface area contributed by atoms with Gasteiger partial charge in [0.15, 0.2) is 0 Å². The molecule has 6 heteroatoms. The van der Waals surface area contributed by atoms with Crippen molar-refractivity contribution in [3.63, 3.8) is 0 Å². The molecule has 1 unspecified atom stereocenters. The van der Waals surface area contributed by atoms with Crippen molar-refractivity contribution in [1.82, 2.24) is 10.6 Å². The van der Waals surface area contributed by atoms with Crippen LogP contribution in [0.5, 0.6) is 11.5 Å². The van der Waals surface area contributed by atoms with Gasteiger partial charge in [-0.15, -0.1) is 0 Å². The molecule has 2 N–H and O–H groups in total. The molecule has 152 valence electrons. The van der Waals surface area contributed by atoms with E-state index in [4.69, 9.17) is 9.47 Å². The molecule has 3 rings (SSSR count). The topological polar surface area (TPSA) is 76.7 Å². The molecule has 0 radical (unpaired) electrons. The summed E-state index contributed by atoms with van der Waals surface area (Å²) in [5, 5.41) is 5.45. The van der Waals surface area contributed by atoms with Crippen LogP contribution in [0, 0.1) is 13.8 Å². The summed E-state index contributed by atoms with van der Waals surface area (Å²) in [6.45, 7) is 7.98. The Bertz CT molecular complexity index is 948. The van der Waals surface area contributed by atoms with Gasteiger partial charge in [0.1, 0.15) is 11.5 Å². The average Bonchev–Trinajstić information content (AvgIpc) is 2.69. The number of rotatable bonds is 6. The van der Waals surface area contributed by atoms with Crippen molar-refractivity contribution in [2.45, 2.75) is 40.2 Å². The molecule has 0 bridgehead atoms. The normalized spacial score (nSPS) is 16.1. The van der Waals surface area contributed by atoms with Crippen LogP contribution in [0.15, 0.2) is 53.7 Å². The van der Waals surface area contributed by atoms with Gasteiger partial charge in [-0.3, -0.25) is 0 Å². The molecule has 1 aliphatic heterocycles. The van der Waals surface area contributed by atoms with Crippen molar-refractivity contribution in [2.24, 2.45) is 0 Å². The third-order valence-electron chi connectivity index (χ3n) is 4.71. The Balaban J connectivity index is 1.84. The molecule has 1 aliphatic rings. The summed E-state index contributed by atoms with van der Waals surface area (Å²) in [7, 11) is 0. The lowest BCUT2D eigenvalue weighted by Gasteiger charge is -2.28. The lowest BCUT2D eigenvalue weighted by atomic mass is 9.95. The minimum absolute atomic E-state index is 0.332. The number of aryl methyl sites for hydroxylation is 2. The molecule has 2 amide bonds. The van der Waals surface area contributed by atoms with Gasteiger partial charge in [-0.25, -0.2) is 9.59 Å². The quantitative estimate of drug-likeness (QED) is 0.698. The lowest BCUT2D eigenvalue weighted by Crippen LogP contribution is -2.45. The van der Waals surface area contributed by atoms with E-state index >= 15 is 0 Å². The van der Waals surface area contributed by atoms with Crippen LogP contribution in [0.4, 0.5) is 4.79 Å². The maximum absolute atomic E-state index is 12.5. The lowest BCUT2D eigenvalue weighted by molar-refractivity contribution is -0.139. The number of benzene rings is 2. The molecular weight excluding hydrogens is 368 g/mol. The summed E-state index contributed by atoms with van der Waals surface area (Å²) in [6, 6.07) is 12.5. The molecule has 0 fully saturated rings. The molecule has 2 aromatic rings. The number of allylic oxidation sites excluding steroid dienone is 1. The largest absolute Gasteiger partial charge is 0.462 e. The highest BCUT2D eigenvalue weighted by Gasteiger charge is 2.32. The van der Waals surface area contributed by atoms with E-state index in [1.807, 2.05) is 63.2 Å². The van der Waals surface area contributed by atoms with E-state index in [0.717, 1.165) is 28.9 Å². The highest BCUT2D eigenvalue weighted by atomic mass is 16.5. The summed E-state index contributed by atoms with van der Waals surface area (Å²) in [5.74, 6) is 1.04. The third kappa shape index (κ3) is 4.77. The Hall–Kier alpha value is -3.28. The Morgan fingerprint density at radius 3 is 2.48 bits per heavy atom. The van der Waals surface area contributed by atoms with Gasteiger partial charge in [0.05, 0.1) is 18.2 Å². The van der Waals surface area contributed by atoms with E-state index in [0.29, 0.717) is 23.6 Å². The van der Waals surface area contributed by atoms with Gasteiger partial charge in [-0.05, 0) is 62.1 Å². The first-order valence-corrected chi connectivity index (χ1v) is 9.69. The number of carbonyl (C=O) groups is 2. The highest BCUT2D eigenvalue weighted by Crippen LogP contribution is 2.31. The van der Waals surface area contributed by atoms with E-state index in [1.165, 1.54) is 0 Å². The first kappa shape index (κ1) is 20.5. The van der Waals surface area contributed by atoms with Crippen LogP contribution in [0.25, 0.3) is 0 Å². The van der Waals surface area contributed by atoms with Crippen LogP contribution in [0.1, 0.15) is 43.0 Å². The standard InChI is InChI=1S/C23H26N2O4/c1-5-12-28-22(26)20-16(4)24-23(27)25-21(20)17-8-10-18(11-9-17)29-19-13-14(2)6-7-15(19)3/h6-11,13,21H,5,12H2,1-4H3,(H2,24,25,27). The van der Waals surface area contributed by atoms with Gasteiger partial charge >= 0.3 is 12.0 Å². The number of hydrogen-bond acceptors (Lipinski definition) is 4. The molecule has 0 saturated carbocycles. The predicted molar refractivity (Wildman–Crippen MR) is 111 cm³/mol. The van der Waals surface area contributed by atoms with Gasteiger partial charge in [-0.2, -0.15) is 0 Å². The zero-order valence-corrected chi connectivity index (χ0v) is 17.2. The summed E-state index contributed by atoms with van der Waals surface area (Å²) in [4.78, 5) is 24.5.